The van der Waals surface area contributed by atoms with Gasteiger partial charge in [0.1, 0.15) is 0 Å². The summed E-state index contributed by atoms with van der Waals surface area (Å²) in [5, 5.41) is 9.21. The molecule has 0 amide bonds. The van der Waals surface area contributed by atoms with Crippen molar-refractivity contribution in [3.8, 4) is 0 Å². The maximum Gasteiger partial charge on any atom is 0.217 e. The minimum absolute atomic E-state index is 0.145. The smallest absolute Gasteiger partial charge is 0.217 e. The lowest BCUT2D eigenvalue weighted by molar-refractivity contribution is -0.112. The Morgan fingerprint density at radius 2 is 2.00 bits per heavy atom. The van der Waals surface area contributed by atoms with Gasteiger partial charge in [0.25, 0.3) is 0 Å². The van der Waals surface area contributed by atoms with Gasteiger partial charge in [-0.25, -0.2) is 0 Å². The molecule has 1 aromatic carbocycles. The molecular weight excluding hydrogens is 316 g/mol. The number of aromatic nitrogens is 3. The van der Waals surface area contributed by atoms with E-state index in [1.807, 2.05) is 22.6 Å². The van der Waals surface area contributed by atoms with Crippen molar-refractivity contribution >= 4 is 43.4 Å². The van der Waals surface area contributed by atoms with E-state index in [9.17, 15) is 4.79 Å². The van der Waals surface area contributed by atoms with E-state index in [0.717, 1.165) is 28.3 Å². The van der Waals surface area contributed by atoms with Gasteiger partial charge in [-0.1, -0.05) is 29.9 Å². The lowest BCUT2D eigenvalue weighted by Gasteiger charge is -2.25. The Hall–Kier alpha value is -1.44. The monoisotopic (exact) mass is 332 g/mol. The average Bonchev–Trinajstić information content (AvgIpc) is 3.08. The predicted molar refractivity (Wildman–Crippen MR) is 89.5 cm³/mol. The highest BCUT2D eigenvalue weighted by molar-refractivity contribution is 8.13. The number of para-hydroxylation sites is 1. The maximum absolute atomic E-state index is 12.3. The summed E-state index contributed by atoms with van der Waals surface area (Å²) in [5.74, 6) is 0. The second kappa shape index (κ2) is 5.98. The zero-order valence-corrected chi connectivity index (χ0v) is 13.7. The molecule has 0 radical (unpaired) electrons. The molecule has 0 aliphatic carbocycles. The fourth-order valence-corrected chi connectivity index (χ4v) is 4.69. The molecule has 5 nitrogen and oxygen atoms in total. The van der Waals surface area contributed by atoms with Crippen LogP contribution in [-0.2, 0) is 4.79 Å². The number of piperidine rings is 1. The van der Waals surface area contributed by atoms with E-state index in [2.05, 4.69) is 21.2 Å². The molecule has 3 aromatic rings. The van der Waals surface area contributed by atoms with Crippen molar-refractivity contribution in [2.45, 2.75) is 24.4 Å². The highest BCUT2D eigenvalue weighted by atomic mass is 32.2. The largest absolute Gasteiger partial charge is 0.295 e. The number of rotatable bonds is 3. The Morgan fingerprint density at radius 3 is 2.86 bits per heavy atom. The summed E-state index contributed by atoms with van der Waals surface area (Å²) in [6.45, 7) is 2.56. The molecule has 1 aliphatic heterocycles. The lowest BCUT2D eigenvalue weighted by atomic mass is 10.1. The van der Waals surface area contributed by atoms with Gasteiger partial charge >= 0.3 is 0 Å². The van der Waals surface area contributed by atoms with Crippen molar-refractivity contribution in [2.24, 2.45) is 0 Å². The molecule has 3 heterocycles. The third-order valence-electron chi connectivity index (χ3n) is 3.92. The molecule has 0 bridgehead atoms. The number of carbonyl (C=O) groups is 1. The Bertz CT molecular complexity index is 819. The quantitative estimate of drug-likeness (QED) is 0.690. The van der Waals surface area contributed by atoms with E-state index >= 15 is 0 Å². The highest BCUT2D eigenvalue weighted by Gasteiger charge is 2.19. The van der Waals surface area contributed by atoms with Gasteiger partial charge in [-0.2, -0.15) is 0 Å². The molecule has 1 fully saturated rings. The first-order valence-corrected chi connectivity index (χ1v) is 9.10. The van der Waals surface area contributed by atoms with Crippen molar-refractivity contribution in [3.05, 3.63) is 24.3 Å². The van der Waals surface area contributed by atoms with E-state index in [1.54, 1.807) is 11.3 Å². The SMILES string of the molecule is O=C(CN1CCCCC1)Sc1nnc2sc3ccccc3n12. The van der Waals surface area contributed by atoms with Gasteiger partial charge in [0.05, 0.1) is 16.8 Å². The van der Waals surface area contributed by atoms with Crippen LogP contribution in [0.15, 0.2) is 29.4 Å². The summed E-state index contributed by atoms with van der Waals surface area (Å²) in [6.07, 6.45) is 3.67. The van der Waals surface area contributed by atoms with Gasteiger partial charge in [-0.3, -0.25) is 14.1 Å². The van der Waals surface area contributed by atoms with E-state index in [-0.39, 0.29) is 5.12 Å². The number of nitrogens with zero attached hydrogens (tertiary/aromatic N) is 4. The standard InChI is InChI=1S/C15H16N4OS2/c20-13(10-18-8-4-1-5-9-18)22-15-17-16-14-19(15)11-6-2-3-7-12(11)21-14/h2-3,6-7H,1,4-5,8-10H2. The Kier molecular flexibility index (Phi) is 3.85. The summed E-state index contributed by atoms with van der Waals surface area (Å²) >= 11 is 2.81. The normalized spacial score (nSPS) is 16.5. The van der Waals surface area contributed by atoms with Crippen LogP contribution in [0, 0.1) is 0 Å². The third kappa shape index (κ3) is 2.64. The third-order valence-corrected chi connectivity index (χ3v) is 5.73. The van der Waals surface area contributed by atoms with Crippen molar-refractivity contribution in [1.82, 2.24) is 19.5 Å². The van der Waals surface area contributed by atoms with Crippen LogP contribution >= 0.6 is 23.1 Å². The molecule has 2 aromatic heterocycles. The Labute approximate surface area is 136 Å². The topological polar surface area (TPSA) is 50.5 Å². The summed E-state index contributed by atoms with van der Waals surface area (Å²) in [7, 11) is 0. The molecule has 1 saturated heterocycles. The number of benzene rings is 1. The second-order valence-corrected chi connectivity index (χ2v) is 7.51. The first-order valence-electron chi connectivity index (χ1n) is 7.47. The predicted octanol–water partition coefficient (Wildman–Crippen LogP) is 3.05. The zero-order valence-electron chi connectivity index (χ0n) is 12.1. The first-order chi connectivity index (χ1) is 10.8. The van der Waals surface area contributed by atoms with Crippen LogP contribution in [-0.4, -0.2) is 44.2 Å². The molecule has 7 heteroatoms. The van der Waals surface area contributed by atoms with Crippen LogP contribution < -0.4 is 0 Å². The number of hydrogen-bond acceptors (Lipinski definition) is 6. The maximum atomic E-state index is 12.3. The summed E-state index contributed by atoms with van der Waals surface area (Å²) < 4.78 is 3.15. The fourth-order valence-electron chi connectivity index (χ4n) is 2.86. The number of likely N-dealkylation sites (tertiary alicyclic amines) is 1. The van der Waals surface area contributed by atoms with Crippen LogP contribution in [0.25, 0.3) is 15.2 Å². The van der Waals surface area contributed by atoms with Crippen LogP contribution in [0.2, 0.25) is 0 Å². The van der Waals surface area contributed by atoms with E-state index in [1.165, 1.54) is 31.0 Å². The minimum atomic E-state index is 0.145. The number of thioether (sulfide) groups is 1. The Balaban J connectivity index is 1.57. The number of thiazole rings is 1. The molecule has 0 unspecified atom stereocenters. The highest BCUT2D eigenvalue weighted by Crippen LogP contribution is 2.29. The van der Waals surface area contributed by atoms with Crippen molar-refractivity contribution in [1.29, 1.82) is 0 Å². The van der Waals surface area contributed by atoms with Crippen molar-refractivity contribution in [3.63, 3.8) is 0 Å². The molecule has 0 atom stereocenters. The molecule has 0 spiro atoms. The van der Waals surface area contributed by atoms with Gasteiger partial charge in [-0.05, 0) is 49.8 Å². The first kappa shape index (κ1) is 14.2. The number of hydrogen-bond donors (Lipinski definition) is 0. The van der Waals surface area contributed by atoms with Gasteiger partial charge in [0, 0.05) is 0 Å². The van der Waals surface area contributed by atoms with Gasteiger partial charge in [-0.15, -0.1) is 10.2 Å². The van der Waals surface area contributed by atoms with Crippen LogP contribution in [0.3, 0.4) is 0 Å². The van der Waals surface area contributed by atoms with Crippen molar-refractivity contribution in [2.75, 3.05) is 19.6 Å². The Morgan fingerprint density at radius 1 is 1.18 bits per heavy atom. The molecule has 1 aliphatic rings. The van der Waals surface area contributed by atoms with Gasteiger partial charge < -0.3 is 0 Å². The van der Waals surface area contributed by atoms with Crippen LogP contribution in [0.1, 0.15) is 19.3 Å². The lowest BCUT2D eigenvalue weighted by Crippen LogP contribution is -2.33. The number of fused-ring (bicyclic) bond motifs is 3. The van der Waals surface area contributed by atoms with E-state index in [4.69, 9.17) is 0 Å². The zero-order chi connectivity index (χ0) is 14.9. The van der Waals surface area contributed by atoms with E-state index < -0.39 is 0 Å². The van der Waals surface area contributed by atoms with E-state index in [0.29, 0.717) is 11.7 Å². The molecule has 0 saturated carbocycles. The molecular formula is C15H16N4OS2. The second-order valence-electron chi connectivity index (χ2n) is 5.48. The van der Waals surface area contributed by atoms with Crippen LogP contribution in [0.4, 0.5) is 0 Å². The molecule has 22 heavy (non-hydrogen) atoms. The summed E-state index contributed by atoms with van der Waals surface area (Å²) in [5.41, 5.74) is 1.07. The van der Waals surface area contributed by atoms with Crippen molar-refractivity contribution < 1.29 is 4.79 Å². The molecule has 4 rings (SSSR count). The molecule has 114 valence electrons. The fraction of sp³-hybridized carbons (Fsp3) is 0.400. The number of carbonyl (C=O) groups excluding carboxylic acids is 1. The van der Waals surface area contributed by atoms with Crippen LogP contribution in [0.5, 0.6) is 0 Å². The summed E-state index contributed by atoms with van der Waals surface area (Å²) in [6, 6.07) is 8.12. The minimum Gasteiger partial charge on any atom is -0.295 e. The molecule has 0 N–H and O–H groups in total. The summed E-state index contributed by atoms with van der Waals surface area (Å²) in [4.78, 5) is 15.4. The van der Waals surface area contributed by atoms with Gasteiger partial charge in [0.15, 0.2) is 0 Å². The average molecular weight is 332 g/mol. The van der Waals surface area contributed by atoms with Gasteiger partial charge in [0.2, 0.25) is 15.2 Å².